The zero-order valence-corrected chi connectivity index (χ0v) is 16.1. The molecule has 1 aromatic carbocycles. The fraction of sp³-hybridized carbons (Fsp3) is 0.381. The normalized spacial score (nSPS) is 15.7. The van der Waals surface area contributed by atoms with Crippen LogP contribution < -0.4 is 5.32 Å². The Balaban J connectivity index is 1.89. The van der Waals surface area contributed by atoms with Crippen molar-refractivity contribution in [2.75, 3.05) is 5.32 Å². The van der Waals surface area contributed by atoms with Crippen molar-refractivity contribution < 1.29 is 27.5 Å². The third kappa shape index (κ3) is 5.45. The van der Waals surface area contributed by atoms with E-state index in [1.165, 1.54) is 18.3 Å². The minimum Gasteiger partial charge on any atom is -0.454 e. The summed E-state index contributed by atoms with van der Waals surface area (Å²) in [7, 11) is 0. The van der Waals surface area contributed by atoms with Crippen LogP contribution in [0.4, 0.5) is 19.0 Å². The van der Waals surface area contributed by atoms with E-state index >= 15 is 0 Å². The van der Waals surface area contributed by atoms with Gasteiger partial charge in [0.2, 0.25) is 0 Å². The number of benzene rings is 1. The molecule has 1 aliphatic carbocycles. The van der Waals surface area contributed by atoms with Crippen LogP contribution in [0.2, 0.25) is 0 Å². The number of ether oxygens (including phenoxy) is 1. The molecule has 1 aromatic heterocycles. The monoisotopic (exact) mass is 418 g/mol. The fourth-order valence-corrected chi connectivity index (χ4v) is 3.38. The highest BCUT2D eigenvalue weighted by Crippen LogP contribution is 2.31. The lowest BCUT2D eigenvalue weighted by Crippen LogP contribution is -2.34. The molecule has 0 radical (unpaired) electrons. The zero-order valence-electron chi connectivity index (χ0n) is 16.1. The first kappa shape index (κ1) is 21.5. The van der Waals surface area contributed by atoms with Gasteiger partial charge in [-0.1, -0.05) is 24.6 Å². The van der Waals surface area contributed by atoms with Crippen LogP contribution in [0.1, 0.15) is 49.3 Å². The average Bonchev–Trinajstić information content (AvgIpc) is 2.74. The highest BCUT2D eigenvalue weighted by Gasteiger charge is 2.37. The molecule has 0 spiro atoms. The molecule has 9 heteroatoms. The molecule has 30 heavy (non-hydrogen) atoms. The van der Waals surface area contributed by atoms with Crippen molar-refractivity contribution in [3.8, 4) is 0 Å². The number of anilines is 1. The molecular formula is C21H21F3N4O2. The second-order valence-corrected chi connectivity index (χ2v) is 7.06. The van der Waals surface area contributed by atoms with Crippen molar-refractivity contribution in [1.82, 2.24) is 4.98 Å². The number of nitrogens with zero attached hydrogens (tertiary/aromatic N) is 3. The molecule has 3 rings (SSSR count). The van der Waals surface area contributed by atoms with Crippen LogP contribution >= 0.6 is 0 Å². The van der Waals surface area contributed by atoms with Gasteiger partial charge in [0, 0.05) is 6.20 Å². The molecule has 1 atom stereocenters. The number of pyridine rings is 1. The van der Waals surface area contributed by atoms with Gasteiger partial charge in [0.15, 0.2) is 6.04 Å². The predicted molar refractivity (Wildman–Crippen MR) is 104 cm³/mol. The van der Waals surface area contributed by atoms with E-state index in [4.69, 9.17) is 4.74 Å². The first-order valence-electron chi connectivity index (χ1n) is 9.66. The van der Waals surface area contributed by atoms with E-state index in [9.17, 15) is 23.5 Å². The van der Waals surface area contributed by atoms with E-state index in [2.05, 4.69) is 15.1 Å². The van der Waals surface area contributed by atoms with Gasteiger partial charge >= 0.3 is 17.9 Å². The highest BCUT2D eigenvalue weighted by molar-refractivity contribution is 6.36. The molecule has 0 bridgehead atoms. The van der Waals surface area contributed by atoms with E-state index in [1.54, 1.807) is 18.2 Å². The van der Waals surface area contributed by atoms with Gasteiger partial charge in [-0.15, -0.1) is 0 Å². The highest BCUT2D eigenvalue weighted by atomic mass is 19.4. The molecule has 1 saturated carbocycles. The zero-order chi connectivity index (χ0) is 21.6. The topological polar surface area (TPSA) is 87.6 Å². The summed E-state index contributed by atoms with van der Waals surface area (Å²) < 4.78 is 44.2. The van der Waals surface area contributed by atoms with Crippen LogP contribution in [-0.2, 0) is 15.7 Å². The average molecular weight is 418 g/mol. The second-order valence-electron chi connectivity index (χ2n) is 7.06. The van der Waals surface area contributed by atoms with E-state index in [1.807, 2.05) is 0 Å². The molecule has 0 amide bonds. The largest absolute Gasteiger partial charge is 0.454 e. The lowest BCUT2D eigenvalue weighted by atomic mass is 9.97. The second kappa shape index (κ2) is 9.54. The Morgan fingerprint density at radius 1 is 1.13 bits per heavy atom. The molecule has 1 aliphatic rings. The minimum atomic E-state index is -4.49. The van der Waals surface area contributed by atoms with Crippen molar-refractivity contribution in [2.24, 2.45) is 0 Å². The maximum atomic E-state index is 12.9. The van der Waals surface area contributed by atoms with Crippen LogP contribution in [0, 0.1) is 0 Å². The van der Waals surface area contributed by atoms with Gasteiger partial charge in [-0.05, 0) is 55.5 Å². The number of nitrogens with one attached hydrogen (secondary N) is 1. The van der Waals surface area contributed by atoms with Crippen LogP contribution in [0.3, 0.4) is 0 Å². The molecule has 1 heterocycles. The summed E-state index contributed by atoms with van der Waals surface area (Å²) in [5.41, 5.74) is 8.68. The van der Waals surface area contributed by atoms with Crippen molar-refractivity contribution in [2.45, 2.75) is 50.4 Å². The van der Waals surface area contributed by atoms with Gasteiger partial charge in [-0.2, -0.15) is 18.0 Å². The van der Waals surface area contributed by atoms with E-state index in [0.717, 1.165) is 44.2 Å². The molecular weight excluding hydrogens is 397 g/mol. The van der Waals surface area contributed by atoms with E-state index in [-0.39, 0.29) is 11.8 Å². The van der Waals surface area contributed by atoms with Crippen LogP contribution in [-0.4, -0.2) is 27.6 Å². The number of esters is 1. The summed E-state index contributed by atoms with van der Waals surface area (Å²) in [6.45, 7) is 0. The molecule has 6 nitrogen and oxygen atoms in total. The SMILES string of the molecule is [N-]=[N+]=C(C(=O)OC1CCCCC1)C(Nc1ccccn1)c1ccc(C(F)(F)F)cc1. The van der Waals surface area contributed by atoms with Crippen LogP contribution in [0.25, 0.3) is 5.53 Å². The number of rotatable bonds is 6. The van der Waals surface area contributed by atoms with E-state index < -0.39 is 23.8 Å². The van der Waals surface area contributed by atoms with Crippen molar-refractivity contribution in [3.63, 3.8) is 0 Å². The Morgan fingerprint density at radius 2 is 1.83 bits per heavy atom. The third-order valence-corrected chi connectivity index (χ3v) is 4.94. The van der Waals surface area contributed by atoms with Crippen LogP contribution in [0.5, 0.6) is 0 Å². The van der Waals surface area contributed by atoms with Gasteiger partial charge in [-0.3, -0.25) is 0 Å². The third-order valence-electron chi connectivity index (χ3n) is 4.94. The summed E-state index contributed by atoms with van der Waals surface area (Å²) in [4.78, 5) is 20.0. The lowest BCUT2D eigenvalue weighted by molar-refractivity contribution is -0.147. The molecule has 158 valence electrons. The molecule has 2 aromatic rings. The lowest BCUT2D eigenvalue weighted by Gasteiger charge is -2.22. The predicted octanol–water partition coefficient (Wildman–Crippen LogP) is 4.80. The Hall–Kier alpha value is -3.19. The summed E-state index contributed by atoms with van der Waals surface area (Å²) in [6.07, 6.45) is 1.16. The number of carbonyl (C=O) groups excluding carboxylic acids is 1. The number of hydrogen-bond donors (Lipinski definition) is 1. The van der Waals surface area contributed by atoms with Gasteiger partial charge in [0.1, 0.15) is 11.9 Å². The van der Waals surface area contributed by atoms with Crippen molar-refractivity contribution >= 4 is 17.5 Å². The van der Waals surface area contributed by atoms with Crippen molar-refractivity contribution in [3.05, 3.63) is 65.3 Å². The number of alkyl halides is 3. The Bertz CT molecular complexity index is 904. The smallest absolute Gasteiger partial charge is 0.419 e. The molecule has 1 fully saturated rings. The minimum absolute atomic E-state index is 0.272. The number of hydrogen-bond acceptors (Lipinski definition) is 4. The molecule has 1 N–H and O–H groups in total. The molecule has 0 aliphatic heterocycles. The number of aromatic nitrogens is 1. The first-order valence-corrected chi connectivity index (χ1v) is 9.66. The summed E-state index contributed by atoms with van der Waals surface area (Å²) in [5, 5.41) is 2.94. The molecule has 0 saturated heterocycles. The van der Waals surface area contributed by atoms with Crippen LogP contribution in [0.15, 0.2) is 48.7 Å². The summed E-state index contributed by atoms with van der Waals surface area (Å²) >= 11 is 0. The maximum absolute atomic E-state index is 12.9. The van der Waals surface area contributed by atoms with E-state index in [0.29, 0.717) is 11.4 Å². The number of carbonyl (C=O) groups is 1. The Kier molecular flexibility index (Phi) is 6.84. The standard InChI is InChI=1S/C21H21F3N4O2/c22-21(23,24)15-11-9-14(10-12-15)18(27-17-8-4-5-13-26-17)19(28-25)20(29)30-16-6-2-1-3-7-16/h4-5,8-13,16,18H,1-3,6-7H2,(H,26,27). The Morgan fingerprint density at radius 3 is 2.40 bits per heavy atom. The van der Waals surface area contributed by atoms with Gasteiger partial charge in [0.05, 0.1) is 5.56 Å². The fourth-order valence-electron chi connectivity index (χ4n) is 3.38. The summed E-state index contributed by atoms with van der Waals surface area (Å²) in [6, 6.07) is 8.23. The maximum Gasteiger partial charge on any atom is 0.419 e. The van der Waals surface area contributed by atoms with Gasteiger partial charge in [-0.25, -0.2) is 9.78 Å². The van der Waals surface area contributed by atoms with Gasteiger partial charge < -0.3 is 15.6 Å². The summed E-state index contributed by atoms with van der Waals surface area (Å²) in [5.74, 6) is -0.466. The van der Waals surface area contributed by atoms with Gasteiger partial charge in [0.25, 0.3) is 0 Å². The first-order chi connectivity index (χ1) is 14.4. The number of halogens is 3. The van der Waals surface area contributed by atoms with Crippen molar-refractivity contribution in [1.29, 1.82) is 0 Å². The Labute approximate surface area is 171 Å². The quantitative estimate of drug-likeness (QED) is 0.316. The molecule has 1 unspecified atom stereocenters.